The highest BCUT2D eigenvalue weighted by Crippen LogP contribution is 2.29. The Hall–Kier alpha value is -2.53. The number of nitrogens with two attached hydrogens (primary N) is 1. The molecule has 4 N–H and O–H groups in total. The van der Waals surface area contributed by atoms with Crippen LogP contribution in [0.15, 0.2) is 36.4 Å². The van der Waals surface area contributed by atoms with Crippen molar-refractivity contribution in [1.29, 1.82) is 0 Å². The number of hydrogen-bond donors (Lipinski definition) is 3. The molecule has 0 heterocycles. The Labute approximate surface area is 156 Å². The number of benzene rings is 2. The van der Waals surface area contributed by atoms with Crippen LogP contribution in [0.25, 0.3) is 0 Å². The van der Waals surface area contributed by atoms with Crippen LogP contribution < -0.4 is 10.5 Å². The monoisotopic (exact) mass is 361 g/mol. The van der Waals surface area contributed by atoms with E-state index in [4.69, 9.17) is 15.6 Å². The fourth-order valence-corrected chi connectivity index (χ4v) is 2.11. The van der Waals surface area contributed by atoms with Crippen LogP contribution in [0.2, 0.25) is 0 Å². The summed E-state index contributed by atoms with van der Waals surface area (Å²) in [4.78, 5) is 10.8. The quantitative estimate of drug-likeness (QED) is 0.711. The van der Waals surface area contributed by atoms with E-state index in [0.29, 0.717) is 11.5 Å². The number of ether oxygens (including phenoxy) is 1. The zero-order valence-electron chi connectivity index (χ0n) is 16.5. The fraction of sp³-hybridized carbons (Fsp3) is 0.381. The number of phenolic OH excluding ortho intramolecular Hbond substituents is 1. The largest absolute Gasteiger partial charge is 0.508 e. The topological polar surface area (TPSA) is 92.8 Å². The second-order valence-electron chi connectivity index (χ2n) is 5.30. The summed E-state index contributed by atoms with van der Waals surface area (Å²) in [6, 6.07) is 9.58. The van der Waals surface area contributed by atoms with Crippen molar-refractivity contribution in [2.24, 2.45) is 5.73 Å². The van der Waals surface area contributed by atoms with Crippen molar-refractivity contribution < 1.29 is 19.7 Å². The van der Waals surface area contributed by atoms with Gasteiger partial charge >= 0.3 is 5.97 Å². The molecular formula is C21H31NO4. The van der Waals surface area contributed by atoms with Crippen molar-refractivity contribution in [2.45, 2.75) is 54.0 Å². The first-order valence-electron chi connectivity index (χ1n) is 8.92. The summed E-state index contributed by atoms with van der Waals surface area (Å²) >= 11 is 0. The second kappa shape index (κ2) is 11.9. The van der Waals surface area contributed by atoms with E-state index in [-0.39, 0.29) is 12.2 Å². The Kier molecular flexibility index (Phi) is 10.8. The number of phenols is 1. The molecule has 0 saturated heterocycles. The van der Waals surface area contributed by atoms with Crippen molar-refractivity contribution in [3.8, 4) is 17.2 Å². The third kappa shape index (κ3) is 7.15. The van der Waals surface area contributed by atoms with Crippen LogP contribution in [0.4, 0.5) is 0 Å². The van der Waals surface area contributed by atoms with Gasteiger partial charge in [-0.05, 0) is 61.2 Å². The lowest BCUT2D eigenvalue weighted by Crippen LogP contribution is -2.32. The summed E-state index contributed by atoms with van der Waals surface area (Å²) in [5.41, 5.74) is 8.01. The molecule has 2 rings (SSSR count). The van der Waals surface area contributed by atoms with Crippen LogP contribution in [0.1, 0.15) is 44.4 Å². The van der Waals surface area contributed by atoms with Gasteiger partial charge < -0.3 is 20.7 Å². The molecule has 0 aliphatic heterocycles. The van der Waals surface area contributed by atoms with Crippen molar-refractivity contribution >= 4 is 5.97 Å². The van der Waals surface area contributed by atoms with Gasteiger partial charge in [0.2, 0.25) is 0 Å². The van der Waals surface area contributed by atoms with E-state index in [0.717, 1.165) is 16.7 Å². The normalized spacial score (nSPS) is 10.6. The van der Waals surface area contributed by atoms with Crippen LogP contribution in [0.3, 0.4) is 0 Å². The lowest BCUT2D eigenvalue weighted by Gasteiger charge is -2.12. The zero-order chi connectivity index (χ0) is 20.3. The Morgan fingerprint density at radius 3 is 2.15 bits per heavy atom. The highest BCUT2D eigenvalue weighted by atomic mass is 16.5. The minimum absolute atomic E-state index is 0.224. The van der Waals surface area contributed by atoms with Gasteiger partial charge in [-0.15, -0.1) is 0 Å². The molecule has 0 unspecified atom stereocenters. The Morgan fingerprint density at radius 2 is 1.65 bits per heavy atom. The first kappa shape index (κ1) is 23.5. The van der Waals surface area contributed by atoms with E-state index in [1.165, 1.54) is 0 Å². The molecule has 5 heteroatoms. The molecule has 5 nitrogen and oxygen atoms in total. The number of aliphatic carboxylic acids is 1. The summed E-state index contributed by atoms with van der Waals surface area (Å²) in [7, 11) is 0. The maximum absolute atomic E-state index is 10.8. The summed E-state index contributed by atoms with van der Waals surface area (Å²) in [6.45, 7) is 11.7. The molecule has 0 amide bonds. The number of hydrogen-bond acceptors (Lipinski definition) is 4. The predicted molar refractivity (Wildman–Crippen MR) is 106 cm³/mol. The van der Waals surface area contributed by atoms with Crippen molar-refractivity contribution in [1.82, 2.24) is 0 Å². The molecular weight excluding hydrogens is 330 g/mol. The van der Waals surface area contributed by atoms with Crippen LogP contribution in [0, 0.1) is 13.8 Å². The van der Waals surface area contributed by atoms with E-state index < -0.39 is 12.0 Å². The third-order valence-electron chi connectivity index (χ3n) is 3.41. The number of carboxylic acids is 1. The minimum atomic E-state index is -1.02. The van der Waals surface area contributed by atoms with Gasteiger partial charge in [-0.1, -0.05) is 39.8 Å². The number of carbonyl (C=O) groups is 1. The van der Waals surface area contributed by atoms with Gasteiger partial charge in [0.25, 0.3) is 0 Å². The molecule has 0 spiro atoms. The molecule has 2 aromatic carbocycles. The smallest absolute Gasteiger partial charge is 0.320 e. The maximum Gasteiger partial charge on any atom is 0.320 e. The van der Waals surface area contributed by atoms with Gasteiger partial charge in [-0.3, -0.25) is 4.79 Å². The molecule has 0 aromatic heterocycles. The third-order valence-corrected chi connectivity index (χ3v) is 3.41. The zero-order valence-corrected chi connectivity index (χ0v) is 16.5. The first-order chi connectivity index (χ1) is 12.4. The van der Waals surface area contributed by atoms with Gasteiger partial charge in [-0.2, -0.15) is 0 Å². The van der Waals surface area contributed by atoms with Crippen LogP contribution in [-0.4, -0.2) is 22.2 Å². The molecule has 0 fully saturated rings. The molecule has 0 radical (unpaired) electrons. The first-order valence-corrected chi connectivity index (χ1v) is 8.92. The SMILES string of the molecule is CC.CC.Cc1cc(Oc2ccc(C[C@@H](N)C(=O)O)cc2C)ccc1O. The van der Waals surface area contributed by atoms with E-state index in [1.54, 1.807) is 37.3 Å². The molecule has 0 aliphatic carbocycles. The number of aromatic hydroxyl groups is 1. The summed E-state index contributed by atoms with van der Waals surface area (Å²) in [6.07, 6.45) is 0.273. The molecule has 0 aliphatic rings. The average molecular weight is 361 g/mol. The van der Waals surface area contributed by atoms with Crippen molar-refractivity contribution in [2.75, 3.05) is 0 Å². The Bertz CT molecular complexity index is 698. The van der Waals surface area contributed by atoms with Crippen molar-refractivity contribution in [3.63, 3.8) is 0 Å². The van der Waals surface area contributed by atoms with E-state index in [9.17, 15) is 9.90 Å². The second-order valence-corrected chi connectivity index (χ2v) is 5.30. The van der Waals surface area contributed by atoms with Gasteiger partial charge in [0, 0.05) is 0 Å². The highest BCUT2D eigenvalue weighted by Gasteiger charge is 2.13. The summed E-state index contributed by atoms with van der Waals surface area (Å²) in [5, 5.41) is 18.4. The number of aryl methyl sites for hydroxylation is 2. The molecule has 1 atom stereocenters. The van der Waals surface area contributed by atoms with Gasteiger partial charge in [0.1, 0.15) is 23.3 Å². The van der Waals surface area contributed by atoms with E-state index >= 15 is 0 Å². The average Bonchev–Trinajstić information content (AvgIpc) is 2.63. The minimum Gasteiger partial charge on any atom is -0.508 e. The van der Waals surface area contributed by atoms with Gasteiger partial charge in [-0.25, -0.2) is 0 Å². The lowest BCUT2D eigenvalue weighted by atomic mass is 10.0. The van der Waals surface area contributed by atoms with Gasteiger partial charge in [0.15, 0.2) is 0 Å². The lowest BCUT2D eigenvalue weighted by molar-refractivity contribution is -0.138. The van der Waals surface area contributed by atoms with E-state index in [1.807, 2.05) is 40.7 Å². The Morgan fingerprint density at radius 1 is 1.04 bits per heavy atom. The van der Waals surface area contributed by atoms with Crippen LogP contribution >= 0.6 is 0 Å². The molecule has 0 bridgehead atoms. The highest BCUT2D eigenvalue weighted by molar-refractivity contribution is 5.73. The number of rotatable bonds is 5. The Balaban J connectivity index is 0.00000146. The number of carboxylic acid groups (broad SMARTS) is 1. The molecule has 2 aromatic rings. The van der Waals surface area contributed by atoms with Gasteiger partial charge in [0.05, 0.1) is 0 Å². The predicted octanol–water partition coefficient (Wildman–Crippen LogP) is 4.81. The molecule has 0 saturated carbocycles. The molecule has 26 heavy (non-hydrogen) atoms. The maximum atomic E-state index is 10.8. The molecule has 144 valence electrons. The standard InChI is InChI=1S/C17H19NO4.2C2H6/c1-10-8-13(4-5-15(10)19)22-16-6-3-12(7-11(16)2)9-14(18)17(20)21;2*1-2/h3-8,14,19H,9,18H2,1-2H3,(H,20,21);2*1-2H3/t14-;;/m1../s1. The van der Waals surface area contributed by atoms with E-state index in [2.05, 4.69) is 0 Å². The van der Waals surface area contributed by atoms with Crippen LogP contribution in [-0.2, 0) is 11.2 Å². The summed E-state index contributed by atoms with van der Waals surface area (Å²) < 4.78 is 5.79. The summed E-state index contributed by atoms with van der Waals surface area (Å²) in [5.74, 6) is 0.519. The fourth-order valence-electron chi connectivity index (χ4n) is 2.11. The van der Waals surface area contributed by atoms with Crippen molar-refractivity contribution in [3.05, 3.63) is 53.1 Å². The van der Waals surface area contributed by atoms with Crippen LogP contribution in [0.5, 0.6) is 17.2 Å².